The van der Waals surface area contributed by atoms with Crippen LogP contribution in [0.1, 0.15) is 62.5 Å². The number of amides is 2. The molecule has 5 nitrogen and oxygen atoms in total. The van der Waals surface area contributed by atoms with Crippen molar-refractivity contribution in [3.05, 3.63) is 28.3 Å². The monoisotopic (exact) mass is 434 g/mol. The molecular weight excluding hydrogens is 400 g/mol. The zero-order valence-electron chi connectivity index (χ0n) is 18.4. The van der Waals surface area contributed by atoms with Gasteiger partial charge < -0.3 is 14.5 Å². The lowest BCUT2D eigenvalue weighted by atomic mass is 9.86. The molecular formula is C24H35ClN2O3. The standard InChI is InChI=1S/C24H35ClN2O3/c1-18-15-21(16-19(2)24(18)25)30-17-23(29)27-12-6-11-26(13-14-27)22(28)10-9-20-7-4-3-5-8-20/h15-16,20H,3-14,17H2,1-2H3. The van der Waals surface area contributed by atoms with Gasteiger partial charge in [-0.3, -0.25) is 9.59 Å². The zero-order valence-corrected chi connectivity index (χ0v) is 19.2. The second-order valence-corrected chi connectivity index (χ2v) is 9.20. The van der Waals surface area contributed by atoms with Crippen LogP contribution in [0.2, 0.25) is 5.02 Å². The number of benzene rings is 1. The molecule has 0 N–H and O–H groups in total. The van der Waals surface area contributed by atoms with Crippen molar-refractivity contribution < 1.29 is 14.3 Å². The first-order chi connectivity index (χ1) is 14.4. The predicted molar refractivity (Wildman–Crippen MR) is 120 cm³/mol. The maximum Gasteiger partial charge on any atom is 0.260 e. The van der Waals surface area contributed by atoms with Crippen LogP contribution in [0.4, 0.5) is 0 Å². The number of halogens is 1. The van der Waals surface area contributed by atoms with Gasteiger partial charge in [0, 0.05) is 37.6 Å². The van der Waals surface area contributed by atoms with Gasteiger partial charge in [0.2, 0.25) is 5.91 Å². The van der Waals surface area contributed by atoms with Crippen molar-refractivity contribution in [1.29, 1.82) is 0 Å². The molecule has 166 valence electrons. The first-order valence-electron chi connectivity index (χ1n) is 11.4. The van der Waals surface area contributed by atoms with Gasteiger partial charge >= 0.3 is 0 Å². The quantitative estimate of drug-likeness (QED) is 0.648. The van der Waals surface area contributed by atoms with E-state index in [0.717, 1.165) is 41.5 Å². The molecule has 0 unspecified atom stereocenters. The molecule has 0 radical (unpaired) electrons. The molecule has 1 saturated heterocycles. The van der Waals surface area contributed by atoms with Crippen molar-refractivity contribution in [3.63, 3.8) is 0 Å². The molecule has 0 aromatic heterocycles. The minimum absolute atomic E-state index is 0.0101. The van der Waals surface area contributed by atoms with Crippen molar-refractivity contribution in [2.24, 2.45) is 5.92 Å². The maximum atomic E-state index is 12.7. The summed E-state index contributed by atoms with van der Waals surface area (Å²) in [4.78, 5) is 29.1. The number of carbonyl (C=O) groups is 2. The van der Waals surface area contributed by atoms with Crippen molar-refractivity contribution in [2.45, 2.75) is 65.2 Å². The number of nitrogens with zero attached hydrogens (tertiary/aromatic N) is 2. The van der Waals surface area contributed by atoms with E-state index in [9.17, 15) is 9.59 Å². The van der Waals surface area contributed by atoms with E-state index in [1.165, 1.54) is 32.1 Å². The van der Waals surface area contributed by atoms with Crippen molar-refractivity contribution >= 4 is 23.4 Å². The van der Waals surface area contributed by atoms with E-state index in [1.54, 1.807) is 0 Å². The number of hydrogen-bond acceptors (Lipinski definition) is 3. The topological polar surface area (TPSA) is 49.9 Å². The number of rotatable bonds is 6. The van der Waals surface area contributed by atoms with E-state index < -0.39 is 0 Å². The van der Waals surface area contributed by atoms with Crippen LogP contribution in [0.5, 0.6) is 5.75 Å². The van der Waals surface area contributed by atoms with E-state index in [0.29, 0.717) is 31.8 Å². The van der Waals surface area contributed by atoms with Crippen LogP contribution >= 0.6 is 11.6 Å². The summed E-state index contributed by atoms with van der Waals surface area (Å²) < 4.78 is 5.73. The van der Waals surface area contributed by atoms with Gasteiger partial charge in [-0.25, -0.2) is 0 Å². The first kappa shape index (κ1) is 22.9. The first-order valence-corrected chi connectivity index (χ1v) is 11.8. The molecule has 2 fully saturated rings. The van der Waals surface area contributed by atoms with Gasteiger partial charge in [0.05, 0.1) is 0 Å². The Kier molecular flexibility index (Phi) is 8.43. The van der Waals surface area contributed by atoms with E-state index >= 15 is 0 Å². The summed E-state index contributed by atoms with van der Waals surface area (Å²) in [5.41, 5.74) is 1.88. The van der Waals surface area contributed by atoms with Crippen LogP contribution in [0.25, 0.3) is 0 Å². The molecule has 1 saturated carbocycles. The highest BCUT2D eigenvalue weighted by Gasteiger charge is 2.23. The lowest BCUT2D eigenvalue weighted by Gasteiger charge is -2.24. The molecule has 2 amide bonds. The highest BCUT2D eigenvalue weighted by molar-refractivity contribution is 6.32. The van der Waals surface area contributed by atoms with Crippen LogP contribution in [0, 0.1) is 19.8 Å². The Hall–Kier alpha value is -1.75. The van der Waals surface area contributed by atoms with Gasteiger partial charge in [-0.1, -0.05) is 43.7 Å². The molecule has 0 atom stereocenters. The number of carbonyl (C=O) groups excluding carboxylic acids is 2. The molecule has 1 aliphatic carbocycles. The third-order valence-corrected chi connectivity index (χ3v) is 7.06. The summed E-state index contributed by atoms with van der Waals surface area (Å²) in [6.45, 7) is 6.48. The third kappa shape index (κ3) is 6.37. The SMILES string of the molecule is Cc1cc(OCC(=O)N2CCCN(C(=O)CCC3CCCCC3)CC2)cc(C)c1Cl. The predicted octanol–water partition coefficient (Wildman–Crippen LogP) is 4.76. The van der Waals surface area contributed by atoms with Crippen molar-refractivity contribution in [3.8, 4) is 5.75 Å². The van der Waals surface area contributed by atoms with Gasteiger partial charge in [0.25, 0.3) is 5.91 Å². The summed E-state index contributed by atoms with van der Waals surface area (Å²) in [7, 11) is 0. The fourth-order valence-corrected chi connectivity index (χ4v) is 4.71. The van der Waals surface area contributed by atoms with Crippen molar-refractivity contribution in [2.75, 3.05) is 32.8 Å². The Balaban J connectivity index is 1.43. The molecule has 0 bridgehead atoms. The second kappa shape index (κ2) is 11.0. The highest BCUT2D eigenvalue weighted by Crippen LogP contribution is 2.28. The van der Waals surface area contributed by atoms with E-state index in [4.69, 9.17) is 16.3 Å². The Labute approximate surface area is 185 Å². The van der Waals surface area contributed by atoms with Crippen LogP contribution in [-0.2, 0) is 9.59 Å². The van der Waals surface area contributed by atoms with E-state index in [1.807, 2.05) is 35.8 Å². The van der Waals surface area contributed by atoms with Gasteiger partial charge in [-0.05, 0) is 55.9 Å². The van der Waals surface area contributed by atoms with E-state index in [2.05, 4.69) is 0 Å². The Morgan fingerprint density at radius 2 is 1.53 bits per heavy atom. The van der Waals surface area contributed by atoms with Crippen molar-refractivity contribution in [1.82, 2.24) is 9.80 Å². The smallest absolute Gasteiger partial charge is 0.260 e. The molecule has 6 heteroatoms. The minimum Gasteiger partial charge on any atom is -0.484 e. The summed E-state index contributed by atoms with van der Waals surface area (Å²) in [5, 5.41) is 0.731. The lowest BCUT2D eigenvalue weighted by Crippen LogP contribution is -2.39. The number of ether oxygens (including phenoxy) is 1. The van der Waals surface area contributed by atoms with E-state index in [-0.39, 0.29) is 18.4 Å². The summed E-state index contributed by atoms with van der Waals surface area (Å²) in [6, 6.07) is 3.72. The van der Waals surface area contributed by atoms with Gasteiger partial charge in [-0.2, -0.15) is 0 Å². The van der Waals surface area contributed by atoms with Crippen LogP contribution < -0.4 is 4.74 Å². The highest BCUT2D eigenvalue weighted by atomic mass is 35.5. The second-order valence-electron chi connectivity index (χ2n) is 8.82. The van der Waals surface area contributed by atoms with Gasteiger partial charge in [0.15, 0.2) is 6.61 Å². The Morgan fingerprint density at radius 1 is 0.933 bits per heavy atom. The summed E-state index contributed by atoms with van der Waals surface area (Å²) in [5.74, 6) is 1.61. The molecule has 1 aliphatic heterocycles. The van der Waals surface area contributed by atoms with Crippen LogP contribution in [0.15, 0.2) is 12.1 Å². The lowest BCUT2D eigenvalue weighted by molar-refractivity contribution is -0.135. The normalized spacial score (nSPS) is 18.2. The van der Waals surface area contributed by atoms with Crippen LogP contribution in [-0.4, -0.2) is 54.4 Å². The Morgan fingerprint density at radius 3 is 2.17 bits per heavy atom. The number of aryl methyl sites for hydroxylation is 2. The maximum absolute atomic E-state index is 12.7. The molecule has 2 aliphatic rings. The van der Waals surface area contributed by atoms with Crippen LogP contribution in [0.3, 0.4) is 0 Å². The molecule has 1 heterocycles. The fraction of sp³-hybridized carbons (Fsp3) is 0.667. The molecule has 1 aromatic rings. The summed E-state index contributed by atoms with van der Waals surface area (Å²) in [6.07, 6.45) is 9.03. The largest absolute Gasteiger partial charge is 0.484 e. The average molecular weight is 435 g/mol. The fourth-order valence-electron chi connectivity index (χ4n) is 4.60. The molecule has 30 heavy (non-hydrogen) atoms. The van der Waals surface area contributed by atoms with Gasteiger partial charge in [-0.15, -0.1) is 0 Å². The Bertz CT molecular complexity index is 723. The summed E-state index contributed by atoms with van der Waals surface area (Å²) >= 11 is 6.19. The zero-order chi connectivity index (χ0) is 21.5. The van der Waals surface area contributed by atoms with Gasteiger partial charge in [0.1, 0.15) is 5.75 Å². The third-order valence-electron chi connectivity index (χ3n) is 6.46. The molecule has 3 rings (SSSR count). The molecule has 0 spiro atoms. The molecule has 1 aromatic carbocycles. The average Bonchev–Trinajstić information content (AvgIpc) is 3.01. The minimum atomic E-state index is -0.0308. The number of hydrogen-bond donors (Lipinski definition) is 0.